The van der Waals surface area contributed by atoms with Crippen molar-refractivity contribution in [1.82, 2.24) is 40.0 Å². The molecule has 6 aromatic carbocycles. The Bertz CT molecular complexity index is 3380. The Labute approximate surface area is 464 Å². The fourth-order valence-corrected chi connectivity index (χ4v) is 10.8. The lowest BCUT2D eigenvalue weighted by molar-refractivity contribution is -0.137. The number of imidazole rings is 2. The van der Waals surface area contributed by atoms with Crippen LogP contribution in [0.4, 0.5) is 9.59 Å². The Morgan fingerprint density at radius 2 is 1.06 bits per heavy atom. The number of ether oxygens (including phenoxy) is 2. The first kappa shape index (κ1) is 57.4. The van der Waals surface area contributed by atoms with Gasteiger partial charge >= 0.3 is 18.2 Å². The standard InChI is InChI=1S/C32H38N4O3.C19H23NO4.C13H17N3/c1-22-33-28-13-7-8-14-29(28)36(22)27-12-9-17-35(21-27)30(37)20-26(34-31(38)39-32(2,3)4)19-23-15-16-24-10-5-6-11-25(24)18-23;1-19(2,3)24-18(23)20-16(12-17(21)22)11-13-8-9-14-6-4-5-7-15(14)10-13;1-10-15-12-6-2-3-7-13(12)16(10)11-5-4-8-14-9-11/h5-8,10-11,13-16,18,26-27H,9,12,17,19-21H2,1-4H3,(H,34,38);4-10,16H,11-12H2,1-3H3,(H,20,23)(H,21,22);2-3,6-7,11,14H,4-5,8-9H2,1H3/t26-,27?;16-;/m11./s1. The lowest BCUT2D eigenvalue weighted by atomic mass is 9.98. The van der Waals surface area contributed by atoms with Crippen LogP contribution in [0.15, 0.2) is 133 Å². The maximum Gasteiger partial charge on any atom is 0.407 e. The minimum absolute atomic E-state index is 0.0450. The van der Waals surface area contributed by atoms with Crippen molar-refractivity contribution in [3.05, 3.63) is 156 Å². The fraction of sp³-hybridized carbons (Fsp3) is 0.406. The highest BCUT2D eigenvalue weighted by Gasteiger charge is 2.30. The number of nitrogens with zero attached hydrogens (tertiary/aromatic N) is 5. The van der Waals surface area contributed by atoms with Crippen molar-refractivity contribution in [3.8, 4) is 0 Å². The number of benzene rings is 6. The van der Waals surface area contributed by atoms with Crippen molar-refractivity contribution in [2.75, 3.05) is 26.2 Å². The van der Waals surface area contributed by atoms with Crippen molar-refractivity contribution in [3.63, 3.8) is 0 Å². The van der Waals surface area contributed by atoms with Gasteiger partial charge in [-0.2, -0.15) is 0 Å². The van der Waals surface area contributed by atoms with E-state index >= 15 is 0 Å². The summed E-state index contributed by atoms with van der Waals surface area (Å²) < 4.78 is 15.4. The quantitative estimate of drug-likeness (QED) is 0.0919. The number of carbonyl (C=O) groups is 4. The highest BCUT2D eigenvalue weighted by molar-refractivity contribution is 5.84. The van der Waals surface area contributed by atoms with E-state index in [1.165, 1.54) is 18.4 Å². The Morgan fingerprint density at radius 1 is 0.608 bits per heavy atom. The second kappa shape index (κ2) is 25.8. The molecule has 2 aromatic heterocycles. The SMILES string of the molecule is CC(C)(C)OC(=O)N[C@@H](CC(=O)O)Cc1ccc2ccccc2c1.Cc1nc2ccccc2n1C1CCCN(C(=O)C[C@@H](Cc2ccc3ccccc3c2)NC(=O)OC(C)(C)C)C1.Cc1nc2ccccc2n1C1CCCNC1. The van der Waals surface area contributed by atoms with Crippen LogP contribution in [-0.4, -0.2) is 103 Å². The van der Waals surface area contributed by atoms with Gasteiger partial charge in [-0.1, -0.05) is 109 Å². The molecule has 4 atom stereocenters. The molecule has 0 aliphatic carbocycles. The summed E-state index contributed by atoms with van der Waals surface area (Å²) in [5.74, 6) is 1.19. The Kier molecular flexibility index (Phi) is 18.7. The first-order chi connectivity index (χ1) is 37.7. The largest absolute Gasteiger partial charge is 0.481 e. The zero-order valence-electron chi connectivity index (χ0n) is 47.1. The molecule has 416 valence electrons. The number of hydrogen-bond acceptors (Lipinski definition) is 9. The number of amides is 3. The van der Waals surface area contributed by atoms with Gasteiger partial charge in [-0.25, -0.2) is 19.6 Å². The molecule has 15 nitrogen and oxygen atoms in total. The van der Waals surface area contributed by atoms with Crippen molar-refractivity contribution in [2.24, 2.45) is 0 Å². The van der Waals surface area contributed by atoms with E-state index in [2.05, 4.69) is 97.7 Å². The molecular formula is C64H78N8O7. The number of hydrogen-bond donors (Lipinski definition) is 4. The van der Waals surface area contributed by atoms with Crippen LogP contribution in [0, 0.1) is 13.8 Å². The molecule has 0 radical (unpaired) electrons. The van der Waals surface area contributed by atoms with Gasteiger partial charge in [0, 0.05) is 44.2 Å². The van der Waals surface area contributed by atoms with Crippen LogP contribution in [0.1, 0.15) is 115 Å². The summed E-state index contributed by atoms with van der Waals surface area (Å²) in [7, 11) is 0. The van der Waals surface area contributed by atoms with Gasteiger partial charge in [0.2, 0.25) is 5.91 Å². The van der Waals surface area contributed by atoms with Crippen molar-refractivity contribution >= 4 is 67.7 Å². The van der Waals surface area contributed by atoms with Gasteiger partial charge in [0.1, 0.15) is 22.9 Å². The molecule has 8 aromatic rings. The number of carboxylic acids is 1. The summed E-state index contributed by atoms with van der Waals surface area (Å²) in [6.07, 6.45) is 4.36. The van der Waals surface area contributed by atoms with E-state index in [9.17, 15) is 19.2 Å². The first-order valence-electron chi connectivity index (χ1n) is 27.8. The zero-order chi connectivity index (χ0) is 56.3. The second-order valence-corrected chi connectivity index (χ2v) is 22.9. The molecule has 79 heavy (non-hydrogen) atoms. The van der Waals surface area contributed by atoms with Crippen molar-refractivity contribution in [2.45, 2.75) is 142 Å². The smallest absolute Gasteiger partial charge is 0.407 e. The minimum atomic E-state index is -0.961. The zero-order valence-corrected chi connectivity index (χ0v) is 47.1. The van der Waals surface area contributed by atoms with Crippen LogP contribution in [-0.2, 0) is 31.9 Å². The molecule has 15 heteroatoms. The maximum atomic E-state index is 13.7. The molecule has 2 aliphatic heterocycles. The number of alkyl carbamates (subject to hydrolysis) is 2. The first-order valence-corrected chi connectivity index (χ1v) is 27.8. The lowest BCUT2D eigenvalue weighted by Gasteiger charge is -2.35. The van der Waals surface area contributed by atoms with E-state index in [1.807, 2.05) is 105 Å². The number of carbonyl (C=O) groups excluding carboxylic acids is 3. The van der Waals surface area contributed by atoms with E-state index in [0.29, 0.717) is 25.4 Å². The van der Waals surface area contributed by atoms with Gasteiger partial charge in [0.05, 0.1) is 34.5 Å². The summed E-state index contributed by atoms with van der Waals surface area (Å²) >= 11 is 0. The summed E-state index contributed by atoms with van der Waals surface area (Å²) in [5, 5.41) is 22.7. The van der Waals surface area contributed by atoms with E-state index < -0.39 is 35.4 Å². The maximum absolute atomic E-state index is 13.7. The summed E-state index contributed by atoms with van der Waals surface area (Å²) in [6, 6.07) is 44.8. The predicted molar refractivity (Wildman–Crippen MR) is 313 cm³/mol. The Balaban J connectivity index is 0.000000173. The highest BCUT2D eigenvalue weighted by Crippen LogP contribution is 2.30. The van der Waals surface area contributed by atoms with Crippen LogP contribution in [0.5, 0.6) is 0 Å². The van der Waals surface area contributed by atoms with E-state index in [-0.39, 0.29) is 30.8 Å². The van der Waals surface area contributed by atoms with Crippen LogP contribution >= 0.6 is 0 Å². The average molecular weight is 1070 g/mol. The molecule has 4 N–H and O–H groups in total. The van der Waals surface area contributed by atoms with E-state index in [1.54, 1.807) is 20.8 Å². The molecule has 3 amide bonds. The molecule has 2 fully saturated rings. The number of para-hydroxylation sites is 4. The van der Waals surface area contributed by atoms with Crippen LogP contribution in [0.25, 0.3) is 43.6 Å². The van der Waals surface area contributed by atoms with Gasteiger partial charge in [0.15, 0.2) is 0 Å². The summed E-state index contributed by atoms with van der Waals surface area (Å²) in [4.78, 5) is 60.7. The molecular weight excluding hydrogens is 993 g/mol. The third-order valence-corrected chi connectivity index (χ3v) is 14.2. The third kappa shape index (κ3) is 16.2. The lowest BCUT2D eigenvalue weighted by Crippen LogP contribution is -2.46. The van der Waals surface area contributed by atoms with Crippen LogP contribution in [0.2, 0.25) is 0 Å². The molecule has 10 rings (SSSR count). The monoisotopic (exact) mass is 1070 g/mol. The molecule has 2 aliphatic rings. The molecule has 2 saturated heterocycles. The van der Waals surface area contributed by atoms with Crippen LogP contribution in [0.3, 0.4) is 0 Å². The Hall–Kier alpha value is -7.78. The van der Waals surface area contributed by atoms with Crippen molar-refractivity contribution < 1.29 is 33.8 Å². The van der Waals surface area contributed by atoms with Gasteiger partial charge in [-0.3, -0.25) is 9.59 Å². The van der Waals surface area contributed by atoms with Gasteiger partial charge in [0.25, 0.3) is 0 Å². The summed E-state index contributed by atoms with van der Waals surface area (Å²) in [5.41, 5.74) is 5.27. The summed E-state index contributed by atoms with van der Waals surface area (Å²) in [6.45, 7) is 18.5. The number of aryl methyl sites for hydroxylation is 2. The number of aliphatic carboxylic acids is 1. The number of rotatable bonds is 12. The molecule has 2 unspecified atom stereocenters. The number of carboxylic acid groups (broad SMARTS) is 1. The molecule has 0 bridgehead atoms. The van der Waals surface area contributed by atoms with Crippen LogP contribution < -0.4 is 16.0 Å². The van der Waals surface area contributed by atoms with Gasteiger partial charge in [-0.05, 0) is 157 Å². The van der Waals surface area contributed by atoms with Gasteiger partial charge < -0.3 is 44.6 Å². The number of fused-ring (bicyclic) bond motifs is 4. The molecule has 0 saturated carbocycles. The number of nitrogens with one attached hydrogen (secondary N) is 3. The number of aromatic nitrogens is 4. The van der Waals surface area contributed by atoms with E-state index in [4.69, 9.17) is 19.6 Å². The molecule has 4 heterocycles. The highest BCUT2D eigenvalue weighted by atomic mass is 16.6. The number of likely N-dealkylation sites (tertiary alicyclic amines) is 1. The average Bonchev–Trinajstić information content (AvgIpc) is 3.96. The fourth-order valence-electron chi connectivity index (χ4n) is 10.8. The minimum Gasteiger partial charge on any atom is -0.481 e. The van der Waals surface area contributed by atoms with Crippen molar-refractivity contribution in [1.29, 1.82) is 0 Å². The third-order valence-electron chi connectivity index (χ3n) is 14.2. The Morgan fingerprint density at radius 3 is 1.54 bits per heavy atom. The molecule has 0 spiro atoms. The van der Waals surface area contributed by atoms with Gasteiger partial charge in [-0.15, -0.1) is 0 Å². The predicted octanol–water partition coefficient (Wildman–Crippen LogP) is 12.2. The number of piperidine rings is 2. The van der Waals surface area contributed by atoms with E-state index in [0.717, 1.165) is 93.3 Å². The topological polar surface area (TPSA) is 182 Å². The second-order valence-electron chi connectivity index (χ2n) is 22.9. The normalized spacial score (nSPS) is 16.5.